The molecule has 6 heteroatoms. The zero-order valence-corrected chi connectivity index (χ0v) is 15.2. The molecule has 0 heterocycles. The lowest BCUT2D eigenvalue weighted by Gasteiger charge is -2.29. The summed E-state index contributed by atoms with van der Waals surface area (Å²) in [5.41, 5.74) is 5.34. The Morgan fingerprint density at radius 2 is 2.00 bits per heavy atom. The van der Waals surface area contributed by atoms with Gasteiger partial charge in [0.2, 0.25) is 0 Å². The second kappa shape index (κ2) is 8.29. The maximum Gasteiger partial charge on any atom is 0.258 e. The van der Waals surface area contributed by atoms with Crippen LogP contribution < -0.4 is 16.2 Å². The number of nitrogens with zero attached hydrogens (tertiary/aromatic N) is 1. The van der Waals surface area contributed by atoms with Crippen LogP contribution in [0.15, 0.2) is 23.9 Å². The van der Waals surface area contributed by atoms with E-state index < -0.39 is 5.41 Å². The van der Waals surface area contributed by atoms with E-state index in [-0.39, 0.29) is 10.2 Å². The molecule has 5 nitrogen and oxygen atoms in total. The van der Waals surface area contributed by atoms with Gasteiger partial charge in [0.25, 0.3) is 5.91 Å². The summed E-state index contributed by atoms with van der Waals surface area (Å²) < 4.78 is 0. The van der Waals surface area contributed by atoms with Gasteiger partial charge >= 0.3 is 0 Å². The summed E-state index contributed by atoms with van der Waals surface area (Å²) in [7, 11) is 0. The van der Waals surface area contributed by atoms with Crippen molar-refractivity contribution in [1.29, 1.82) is 5.26 Å². The van der Waals surface area contributed by atoms with E-state index in [1.807, 2.05) is 19.9 Å². The molecule has 0 aromatic heterocycles. The maximum absolute atomic E-state index is 12.3. The number of hydrogen-bond acceptors (Lipinski definition) is 3. The van der Waals surface area contributed by atoms with E-state index in [2.05, 4.69) is 34.4 Å². The van der Waals surface area contributed by atoms with Gasteiger partial charge in [-0.2, -0.15) is 5.26 Å². The van der Waals surface area contributed by atoms with Crippen LogP contribution in [0.4, 0.5) is 0 Å². The third-order valence-corrected chi connectivity index (χ3v) is 4.92. The number of thiocarbonyl (C=S) groups is 1. The fourth-order valence-electron chi connectivity index (χ4n) is 3.19. The molecule has 1 amide bonds. The van der Waals surface area contributed by atoms with E-state index in [1.165, 1.54) is 6.42 Å². The highest BCUT2D eigenvalue weighted by Gasteiger charge is 2.40. The first kappa shape index (κ1) is 18.5. The first-order chi connectivity index (χ1) is 11.6. The van der Waals surface area contributed by atoms with Crippen LogP contribution in [0.25, 0.3) is 0 Å². The molecule has 0 aromatic carbocycles. The number of nitrogens with one attached hydrogen (secondary N) is 3. The Bertz CT molecular complexity index is 598. The third-order valence-electron chi connectivity index (χ3n) is 4.71. The van der Waals surface area contributed by atoms with Crippen LogP contribution in [-0.4, -0.2) is 11.0 Å². The molecular weight excluding hydrogens is 320 g/mol. The highest BCUT2D eigenvalue weighted by Crippen LogP contribution is 2.43. The Morgan fingerprint density at radius 1 is 1.29 bits per heavy atom. The van der Waals surface area contributed by atoms with Crippen LogP contribution in [0.2, 0.25) is 0 Å². The van der Waals surface area contributed by atoms with Crippen LogP contribution in [0, 0.1) is 28.6 Å². The molecule has 2 fully saturated rings. The lowest BCUT2D eigenvalue weighted by molar-refractivity contribution is -0.130. The number of hydrogen-bond donors (Lipinski definition) is 3. The van der Waals surface area contributed by atoms with Crippen LogP contribution in [0.5, 0.6) is 0 Å². The Kier molecular flexibility index (Phi) is 6.38. The van der Waals surface area contributed by atoms with E-state index >= 15 is 0 Å². The van der Waals surface area contributed by atoms with Gasteiger partial charge in [0.15, 0.2) is 5.11 Å². The average Bonchev–Trinajstić information content (AvgIpc) is 3.40. The van der Waals surface area contributed by atoms with Gasteiger partial charge in [-0.05, 0) is 49.4 Å². The molecule has 0 bridgehead atoms. The number of carbonyl (C=O) groups is 1. The quantitative estimate of drug-likeness (QED) is 0.520. The number of allylic oxidation sites excluding steroid dienone is 3. The minimum Gasteiger partial charge on any atom is -0.332 e. The Labute approximate surface area is 154 Å². The third kappa shape index (κ3) is 4.35. The van der Waals surface area contributed by atoms with Crippen LogP contribution in [0.3, 0.4) is 0 Å². The Hall–Kier alpha value is -1.87. The molecule has 0 radical (unpaired) electrons. The summed E-state index contributed by atoms with van der Waals surface area (Å²) in [6.07, 6.45) is 11.7. The van der Waals surface area contributed by atoms with Crippen molar-refractivity contribution in [2.45, 2.75) is 52.4 Å². The van der Waals surface area contributed by atoms with Crippen molar-refractivity contribution in [3.05, 3.63) is 23.9 Å². The van der Waals surface area contributed by atoms with Crippen molar-refractivity contribution in [2.24, 2.45) is 17.3 Å². The van der Waals surface area contributed by atoms with Gasteiger partial charge in [-0.15, -0.1) is 0 Å². The van der Waals surface area contributed by atoms with E-state index in [4.69, 9.17) is 12.2 Å². The van der Waals surface area contributed by atoms with E-state index in [0.717, 1.165) is 25.0 Å². The van der Waals surface area contributed by atoms with Crippen LogP contribution >= 0.6 is 12.2 Å². The predicted molar refractivity (Wildman–Crippen MR) is 105 cm³/mol. The van der Waals surface area contributed by atoms with Crippen molar-refractivity contribution < 1.29 is 9.07 Å². The van der Waals surface area contributed by atoms with Gasteiger partial charge in [-0.1, -0.05) is 45.3 Å². The monoisotopic (exact) mass is 352 g/mol. The van der Waals surface area contributed by atoms with Gasteiger partial charge in [0.05, 0.1) is 6.07 Å². The van der Waals surface area contributed by atoms with E-state index in [0.29, 0.717) is 29.8 Å². The smallest absolute Gasteiger partial charge is 0.258 e. The largest absolute Gasteiger partial charge is 0.332 e. The molecule has 0 aromatic rings. The summed E-state index contributed by atoms with van der Waals surface area (Å²) in [6.45, 7) is 4.00. The zero-order valence-electron chi connectivity index (χ0n) is 14.4. The zero-order chi connectivity index (χ0) is 17.6. The summed E-state index contributed by atoms with van der Waals surface area (Å²) >= 11 is 5.18. The summed E-state index contributed by atoms with van der Waals surface area (Å²) in [4.78, 5) is 12.3. The molecule has 0 saturated heterocycles. The summed E-state index contributed by atoms with van der Waals surface area (Å²) in [5, 5.41) is 12.8. The SMILES string of the molecule is CC.N#CC1(C(=O)NNC(=S)NC2=CC3CC3C=C2)CCCCC1.[HH].[HH].[HH]. The Balaban J connectivity index is 0. The van der Waals surface area contributed by atoms with Crippen molar-refractivity contribution >= 4 is 23.2 Å². The number of fused-ring (bicyclic) bond motifs is 1. The average molecular weight is 353 g/mol. The van der Waals surface area contributed by atoms with Gasteiger partial charge in [0, 0.05) is 9.98 Å². The highest BCUT2D eigenvalue weighted by molar-refractivity contribution is 7.80. The highest BCUT2D eigenvalue weighted by atomic mass is 32.1. The van der Waals surface area contributed by atoms with Crippen LogP contribution in [0.1, 0.15) is 56.7 Å². The summed E-state index contributed by atoms with van der Waals surface area (Å²) in [6, 6.07) is 2.20. The molecular formula is C18H32N4OS. The molecule has 2 saturated carbocycles. The molecule has 3 rings (SSSR count). The maximum atomic E-state index is 12.3. The van der Waals surface area contributed by atoms with Crippen molar-refractivity contribution in [3.8, 4) is 6.07 Å². The van der Waals surface area contributed by atoms with Gasteiger partial charge in [-0.25, -0.2) is 0 Å². The molecule has 0 aliphatic heterocycles. The second-order valence-electron chi connectivity index (χ2n) is 6.33. The standard InChI is InChI=1S/C16H20N4OS.C2H6.3H2/c17-10-16(6-2-1-3-7-16)14(21)19-20-15(22)18-13-5-4-11-8-12(11)9-13;1-2;;;/h4-5,9,11-12H,1-3,6-8H2,(H,19,21)(H2,18,20,22);1-2H3;3*1H. The number of amides is 1. The molecule has 3 N–H and O–H groups in total. The molecule has 0 spiro atoms. The lowest BCUT2D eigenvalue weighted by atomic mass is 9.75. The van der Waals surface area contributed by atoms with Crippen molar-refractivity contribution in [2.75, 3.05) is 0 Å². The molecule has 24 heavy (non-hydrogen) atoms. The van der Waals surface area contributed by atoms with Crippen molar-refractivity contribution in [1.82, 2.24) is 16.2 Å². The number of carbonyl (C=O) groups excluding carboxylic acids is 1. The topological polar surface area (TPSA) is 77.0 Å². The molecule has 3 aliphatic rings. The van der Waals surface area contributed by atoms with E-state index in [1.54, 1.807) is 0 Å². The fraction of sp³-hybridized carbons (Fsp3) is 0.611. The van der Waals surface area contributed by atoms with Crippen LogP contribution in [-0.2, 0) is 4.79 Å². The predicted octanol–water partition coefficient (Wildman–Crippen LogP) is 3.81. The van der Waals surface area contributed by atoms with Gasteiger partial charge in [-0.3, -0.25) is 15.6 Å². The minimum atomic E-state index is -0.911. The number of nitriles is 1. The number of hydrazine groups is 1. The minimum absolute atomic E-state index is 0. The Morgan fingerprint density at radius 3 is 2.62 bits per heavy atom. The molecule has 136 valence electrons. The second-order valence-corrected chi connectivity index (χ2v) is 6.74. The van der Waals surface area contributed by atoms with Crippen molar-refractivity contribution in [3.63, 3.8) is 0 Å². The molecule has 2 atom stereocenters. The summed E-state index contributed by atoms with van der Waals surface area (Å²) in [5.74, 6) is 1.05. The van der Waals surface area contributed by atoms with Gasteiger partial charge < -0.3 is 5.32 Å². The first-order valence-electron chi connectivity index (χ1n) is 8.82. The molecule has 2 unspecified atom stereocenters. The van der Waals surface area contributed by atoms with E-state index in [9.17, 15) is 10.1 Å². The normalized spacial score (nSPS) is 25.6. The number of rotatable bonds is 2. The van der Waals surface area contributed by atoms with Gasteiger partial charge in [0.1, 0.15) is 5.41 Å². The molecule has 3 aliphatic carbocycles. The fourth-order valence-corrected chi connectivity index (χ4v) is 3.35. The lowest BCUT2D eigenvalue weighted by Crippen LogP contribution is -2.52. The first-order valence-corrected chi connectivity index (χ1v) is 9.22.